The van der Waals surface area contributed by atoms with E-state index in [0.717, 1.165) is 33.9 Å². The Balaban J connectivity index is 1.05. The van der Waals surface area contributed by atoms with E-state index in [1.165, 1.54) is 66.1 Å². The third-order valence-corrected chi connectivity index (χ3v) is 12.5. The molecule has 7 aromatic rings. The topological polar surface area (TPSA) is 25.8 Å². The van der Waals surface area contributed by atoms with Crippen molar-refractivity contribution in [3.05, 3.63) is 221 Å². The zero-order valence-electron chi connectivity index (χ0n) is 32.0. The van der Waals surface area contributed by atoms with Crippen molar-refractivity contribution < 1.29 is 0 Å². The first-order chi connectivity index (χ1) is 28.0. The molecule has 4 aliphatic carbocycles. The Morgan fingerprint density at radius 2 is 1.12 bits per heavy atom. The zero-order chi connectivity index (χ0) is 38.1. The van der Waals surface area contributed by atoms with Crippen LogP contribution in [0.1, 0.15) is 30.7 Å². The molecule has 1 heterocycles. The Morgan fingerprint density at radius 3 is 1.95 bits per heavy atom. The fourth-order valence-corrected chi connectivity index (χ4v) is 9.63. The predicted octanol–water partition coefficient (Wildman–Crippen LogP) is 11.8. The number of fused-ring (bicyclic) bond motifs is 7. The van der Waals surface area contributed by atoms with Crippen molar-refractivity contribution in [1.82, 2.24) is 9.97 Å². The summed E-state index contributed by atoms with van der Waals surface area (Å²) in [5, 5.41) is 2.66. The number of hydrogen-bond acceptors (Lipinski definition) is 2. The summed E-state index contributed by atoms with van der Waals surface area (Å²) < 4.78 is 0. The Bertz CT molecular complexity index is 3010. The van der Waals surface area contributed by atoms with E-state index in [1.54, 1.807) is 0 Å². The van der Waals surface area contributed by atoms with Gasteiger partial charge in [0, 0.05) is 28.4 Å². The first kappa shape index (κ1) is 33.4. The fraction of sp³-hybridized carbons (Fsp3) is 0.0909. The minimum atomic E-state index is -0.0650. The lowest BCUT2D eigenvalue weighted by atomic mass is 9.70. The van der Waals surface area contributed by atoms with Crippen LogP contribution in [0.5, 0.6) is 0 Å². The Hall–Kier alpha value is -6.90. The SMILES string of the molecule is CC1(C)c2ccccc2-c2ccc(-c3cccc4c3=C3C=CC(c5cc(-c6ccc(-c7ccccc7)cc6)nc(-c6ccccc6)n5)=CC3C3C=CC=CC=43)cc21. The molecule has 6 aromatic carbocycles. The molecule has 270 valence electrons. The molecule has 4 aliphatic rings. The van der Waals surface area contributed by atoms with Gasteiger partial charge >= 0.3 is 0 Å². The minimum Gasteiger partial charge on any atom is -0.228 e. The van der Waals surface area contributed by atoms with Gasteiger partial charge in [0.2, 0.25) is 0 Å². The molecule has 0 spiro atoms. The van der Waals surface area contributed by atoms with Gasteiger partial charge in [0.25, 0.3) is 0 Å². The summed E-state index contributed by atoms with van der Waals surface area (Å²) >= 11 is 0. The van der Waals surface area contributed by atoms with Gasteiger partial charge in [-0.1, -0.05) is 196 Å². The molecule has 57 heavy (non-hydrogen) atoms. The average Bonchev–Trinajstić information content (AvgIpc) is 3.51. The molecule has 0 bridgehead atoms. The van der Waals surface area contributed by atoms with E-state index in [1.807, 2.05) is 6.07 Å². The van der Waals surface area contributed by atoms with E-state index in [4.69, 9.17) is 9.97 Å². The van der Waals surface area contributed by atoms with Crippen LogP contribution in [-0.2, 0) is 5.41 Å². The van der Waals surface area contributed by atoms with E-state index in [-0.39, 0.29) is 17.3 Å². The number of nitrogens with zero attached hydrogens (tertiary/aromatic N) is 2. The number of benzene rings is 6. The molecule has 0 fully saturated rings. The molecule has 11 rings (SSSR count). The van der Waals surface area contributed by atoms with Gasteiger partial charge in [-0.15, -0.1) is 0 Å². The Morgan fingerprint density at radius 1 is 0.456 bits per heavy atom. The Labute approximate surface area is 334 Å². The van der Waals surface area contributed by atoms with E-state index in [0.29, 0.717) is 0 Å². The molecular weight excluding hydrogens is 689 g/mol. The maximum absolute atomic E-state index is 5.25. The summed E-state index contributed by atoms with van der Waals surface area (Å²) in [5.74, 6) is 1.10. The minimum absolute atomic E-state index is 0.0650. The third-order valence-electron chi connectivity index (χ3n) is 12.5. The van der Waals surface area contributed by atoms with Crippen LogP contribution in [-0.4, -0.2) is 9.97 Å². The highest BCUT2D eigenvalue weighted by Gasteiger charge is 2.36. The van der Waals surface area contributed by atoms with Gasteiger partial charge in [0.15, 0.2) is 5.82 Å². The van der Waals surface area contributed by atoms with Crippen molar-refractivity contribution in [1.29, 1.82) is 0 Å². The second kappa shape index (κ2) is 13.1. The second-order valence-corrected chi connectivity index (χ2v) is 16.1. The molecule has 0 saturated heterocycles. The first-order valence-electron chi connectivity index (χ1n) is 20.0. The average molecular weight is 729 g/mol. The van der Waals surface area contributed by atoms with Gasteiger partial charge in [-0.25, -0.2) is 9.97 Å². The highest BCUT2D eigenvalue weighted by molar-refractivity contribution is 5.90. The molecular formula is C55H40N2. The van der Waals surface area contributed by atoms with Gasteiger partial charge in [-0.05, 0) is 83.8 Å². The number of allylic oxidation sites excluding steroid dienone is 8. The van der Waals surface area contributed by atoms with Crippen LogP contribution in [0.3, 0.4) is 0 Å². The lowest BCUT2D eigenvalue weighted by Crippen LogP contribution is -2.40. The summed E-state index contributed by atoms with van der Waals surface area (Å²) in [5.41, 5.74) is 18.1. The summed E-state index contributed by atoms with van der Waals surface area (Å²) in [4.78, 5) is 10.4. The summed E-state index contributed by atoms with van der Waals surface area (Å²) in [6, 6.07) is 54.7. The van der Waals surface area contributed by atoms with Crippen molar-refractivity contribution in [2.24, 2.45) is 11.8 Å². The summed E-state index contributed by atoms with van der Waals surface area (Å²) in [6.45, 7) is 4.73. The maximum Gasteiger partial charge on any atom is 0.160 e. The van der Waals surface area contributed by atoms with Crippen LogP contribution >= 0.6 is 0 Å². The molecule has 2 heteroatoms. The van der Waals surface area contributed by atoms with Gasteiger partial charge in [-0.3, -0.25) is 0 Å². The normalized spacial score (nSPS) is 18.0. The van der Waals surface area contributed by atoms with Crippen molar-refractivity contribution in [2.75, 3.05) is 0 Å². The maximum atomic E-state index is 5.25. The highest BCUT2D eigenvalue weighted by atomic mass is 14.9. The number of aromatic nitrogens is 2. The zero-order valence-corrected chi connectivity index (χ0v) is 32.0. The predicted molar refractivity (Wildman–Crippen MR) is 236 cm³/mol. The van der Waals surface area contributed by atoms with Crippen molar-refractivity contribution in [3.63, 3.8) is 0 Å². The highest BCUT2D eigenvalue weighted by Crippen LogP contribution is 2.49. The molecule has 0 amide bonds. The largest absolute Gasteiger partial charge is 0.228 e. The molecule has 0 radical (unpaired) electrons. The van der Waals surface area contributed by atoms with Crippen LogP contribution in [0.25, 0.3) is 72.7 Å². The van der Waals surface area contributed by atoms with Gasteiger partial charge < -0.3 is 0 Å². The van der Waals surface area contributed by atoms with Crippen LogP contribution in [0.4, 0.5) is 0 Å². The number of rotatable bonds is 5. The molecule has 0 N–H and O–H groups in total. The van der Waals surface area contributed by atoms with E-state index < -0.39 is 0 Å². The lowest BCUT2D eigenvalue weighted by molar-refractivity contribution is 0.660. The molecule has 0 aliphatic heterocycles. The van der Waals surface area contributed by atoms with E-state index >= 15 is 0 Å². The van der Waals surface area contributed by atoms with Gasteiger partial charge in [0.05, 0.1) is 11.4 Å². The van der Waals surface area contributed by atoms with Crippen LogP contribution in [0.2, 0.25) is 0 Å². The second-order valence-electron chi connectivity index (χ2n) is 16.1. The van der Waals surface area contributed by atoms with Gasteiger partial charge in [0.1, 0.15) is 0 Å². The van der Waals surface area contributed by atoms with E-state index in [9.17, 15) is 0 Å². The molecule has 1 aromatic heterocycles. The van der Waals surface area contributed by atoms with Crippen LogP contribution < -0.4 is 10.4 Å². The smallest absolute Gasteiger partial charge is 0.160 e. The van der Waals surface area contributed by atoms with Crippen molar-refractivity contribution >= 4 is 16.7 Å². The lowest BCUT2D eigenvalue weighted by Gasteiger charge is -2.33. The Kier molecular flexibility index (Phi) is 7.69. The molecule has 0 saturated carbocycles. The van der Waals surface area contributed by atoms with Crippen LogP contribution in [0, 0.1) is 11.8 Å². The van der Waals surface area contributed by atoms with E-state index in [2.05, 4.69) is 202 Å². The standard InChI is InChI=1S/C55H40N2/c1-55(2)49-23-12-11-20-44(49)45-30-28-39(33-50(45)55)41-21-13-22-46-42-18-9-10-19-43(42)48-32-40(29-31-47(48)53(41)46)52-34-51(56-54(57-52)38-16-7-4-8-17-38)37-26-24-36(25-27-37)35-14-5-3-6-15-35/h3-34,43,48H,1-2H3. The fourth-order valence-electron chi connectivity index (χ4n) is 9.63. The first-order valence-corrected chi connectivity index (χ1v) is 20.0. The monoisotopic (exact) mass is 728 g/mol. The third kappa shape index (κ3) is 5.47. The van der Waals surface area contributed by atoms with Gasteiger partial charge in [-0.2, -0.15) is 0 Å². The molecule has 2 atom stereocenters. The quantitative estimate of drug-likeness (QED) is 0.176. The summed E-state index contributed by atoms with van der Waals surface area (Å²) in [7, 11) is 0. The molecule has 2 unspecified atom stereocenters. The summed E-state index contributed by atoms with van der Waals surface area (Å²) in [6.07, 6.45) is 16.2. The van der Waals surface area contributed by atoms with Crippen LogP contribution in [0.15, 0.2) is 194 Å². The molecule has 2 nitrogen and oxygen atoms in total. The number of hydrogen-bond donors (Lipinski definition) is 0. The van der Waals surface area contributed by atoms with Crippen molar-refractivity contribution in [2.45, 2.75) is 19.3 Å². The van der Waals surface area contributed by atoms with Crippen molar-refractivity contribution in [3.8, 4) is 56.0 Å².